The molecule has 0 spiro atoms. The van der Waals surface area contributed by atoms with E-state index < -0.39 is 11.5 Å². The standard InChI is InChI=1S/2C6H14O3/c1-5(8)4-9-6(2)3-7;1-2-6(3-7,4-8)5-9/h5-8H,3-4H2,1-2H3;7-9H,2-5H2,1H3. The van der Waals surface area contributed by atoms with Crippen molar-refractivity contribution >= 4 is 0 Å². The number of rotatable bonds is 8. The molecule has 5 N–H and O–H groups in total. The van der Waals surface area contributed by atoms with Gasteiger partial charge in [-0.1, -0.05) is 6.92 Å². The zero-order chi connectivity index (χ0) is 14.6. The van der Waals surface area contributed by atoms with E-state index in [9.17, 15) is 0 Å². The molecule has 0 rings (SSSR count). The minimum absolute atomic E-state index is 0.00667. The predicted octanol–water partition coefficient (Wildman–Crippen LogP) is -0.876. The van der Waals surface area contributed by atoms with Crippen LogP contribution in [0, 0.1) is 5.41 Å². The van der Waals surface area contributed by atoms with Gasteiger partial charge in [-0.25, -0.2) is 0 Å². The van der Waals surface area contributed by atoms with Gasteiger partial charge in [0, 0.05) is 5.41 Å². The minimum atomic E-state index is -0.667. The molecule has 0 aromatic heterocycles. The van der Waals surface area contributed by atoms with Gasteiger partial charge in [-0.3, -0.25) is 0 Å². The number of aliphatic hydroxyl groups is 5. The molecule has 2 atom stereocenters. The summed E-state index contributed by atoms with van der Waals surface area (Å²) in [7, 11) is 0. The summed E-state index contributed by atoms with van der Waals surface area (Å²) in [5, 5.41) is 43.1. The van der Waals surface area contributed by atoms with Gasteiger partial charge >= 0.3 is 0 Å². The first-order chi connectivity index (χ1) is 8.41. The highest BCUT2D eigenvalue weighted by atomic mass is 16.5. The fourth-order valence-electron chi connectivity index (χ4n) is 0.842. The van der Waals surface area contributed by atoms with Crippen LogP contribution in [0.3, 0.4) is 0 Å². The maximum absolute atomic E-state index is 8.69. The Hall–Kier alpha value is -0.240. The zero-order valence-corrected chi connectivity index (χ0v) is 11.5. The smallest absolute Gasteiger partial charge is 0.0779 e. The molecule has 6 heteroatoms. The first-order valence-electron chi connectivity index (χ1n) is 6.14. The third kappa shape index (κ3) is 9.76. The molecule has 2 unspecified atom stereocenters. The van der Waals surface area contributed by atoms with Gasteiger partial charge in [0.2, 0.25) is 0 Å². The molecule has 0 aliphatic rings. The van der Waals surface area contributed by atoms with Crippen LogP contribution in [0.1, 0.15) is 27.2 Å². The summed E-state index contributed by atoms with van der Waals surface area (Å²) in [6.07, 6.45) is -0.0187. The molecule has 0 aliphatic carbocycles. The van der Waals surface area contributed by atoms with Crippen LogP contribution in [0.5, 0.6) is 0 Å². The van der Waals surface area contributed by atoms with Gasteiger partial charge in [0.05, 0.1) is 45.2 Å². The Kier molecular flexibility index (Phi) is 13.2. The van der Waals surface area contributed by atoms with Crippen LogP contribution in [0.25, 0.3) is 0 Å². The maximum Gasteiger partial charge on any atom is 0.0779 e. The first kappa shape index (κ1) is 20.1. The van der Waals surface area contributed by atoms with E-state index in [1.807, 2.05) is 6.92 Å². The lowest BCUT2D eigenvalue weighted by Crippen LogP contribution is -2.32. The van der Waals surface area contributed by atoms with Gasteiger partial charge in [0.1, 0.15) is 0 Å². The van der Waals surface area contributed by atoms with Crippen LogP contribution in [0.4, 0.5) is 0 Å². The molecule has 0 heterocycles. The molecule has 18 heavy (non-hydrogen) atoms. The van der Waals surface area contributed by atoms with E-state index in [4.69, 9.17) is 30.3 Å². The number of hydrogen-bond donors (Lipinski definition) is 5. The summed E-state index contributed by atoms with van der Waals surface area (Å²) in [5.41, 5.74) is -0.667. The molecule has 112 valence electrons. The fourth-order valence-corrected chi connectivity index (χ4v) is 0.842. The Morgan fingerprint density at radius 3 is 1.61 bits per heavy atom. The van der Waals surface area contributed by atoms with E-state index in [1.165, 1.54) is 0 Å². The molecule has 0 saturated carbocycles. The summed E-state index contributed by atoms with van der Waals surface area (Å²) in [6, 6.07) is 0. The van der Waals surface area contributed by atoms with Crippen molar-refractivity contribution in [3.63, 3.8) is 0 Å². The highest BCUT2D eigenvalue weighted by Crippen LogP contribution is 2.18. The predicted molar refractivity (Wildman–Crippen MR) is 68.2 cm³/mol. The van der Waals surface area contributed by atoms with Gasteiger partial charge < -0.3 is 30.3 Å². The average molecular weight is 268 g/mol. The lowest BCUT2D eigenvalue weighted by atomic mass is 9.88. The second kappa shape index (κ2) is 11.8. The van der Waals surface area contributed by atoms with Gasteiger partial charge in [-0.15, -0.1) is 0 Å². The summed E-state index contributed by atoms with van der Waals surface area (Å²) < 4.78 is 4.95. The summed E-state index contributed by atoms with van der Waals surface area (Å²) >= 11 is 0. The molecule has 6 nitrogen and oxygen atoms in total. The van der Waals surface area contributed by atoms with Gasteiger partial charge in [0.25, 0.3) is 0 Å². The quantitative estimate of drug-likeness (QED) is 0.391. The number of ether oxygens (including phenoxy) is 1. The Bertz CT molecular complexity index is 152. The van der Waals surface area contributed by atoms with E-state index in [0.29, 0.717) is 13.0 Å². The van der Waals surface area contributed by atoms with Crippen molar-refractivity contribution in [2.45, 2.75) is 39.4 Å². The second-order valence-corrected chi connectivity index (χ2v) is 4.50. The van der Waals surface area contributed by atoms with E-state index in [-0.39, 0.29) is 32.5 Å². The lowest BCUT2D eigenvalue weighted by Gasteiger charge is -2.24. The van der Waals surface area contributed by atoms with E-state index in [2.05, 4.69) is 0 Å². The average Bonchev–Trinajstić information content (AvgIpc) is 2.40. The number of aliphatic hydroxyl groups excluding tert-OH is 5. The summed E-state index contributed by atoms with van der Waals surface area (Å²) in [4.78, 5) is 0. The van der Waals surface area contributed by atoms with Crippen molar-refractivity contribution in [2.75, 3.05) is 33.0 Å². The molecular formula is C12H28O6. The summed E-state index contributed by atoms with van der Waals surface area (Å²) in [5.74, 6) is 0. The van der Waals surface area contributed by atoms with Crippen molar-refractivity contribution in [1.29, 1.82) is 0 Å². The zero-order valence-electron chi connectivity index (χ0n) is 11.5. The molecule has 0 aromatic rings. The molecule has 0 saturated heterocycles. The largest absolute Gasteiger partial charge is 0.396 e. The topological polar surface area (TPSA) is 110 Å². The normalized spacial score (nSPS) is 14.7. The first-order valence-corrected chi connectivity index (χ1v) is 6.14. The van der Waals surface area contributed by atoms with Crippen LogP contribution in [-0.2, 0) is 4.74 Å². The van der Waals surface area contributed by atoms with Crippen molar-refractivity contribution in [3.8, 4) is 0 Å². The molecule has 0 aliphatic heterocycles. The third-order valence-electron chi connectivity index (χ3n) is 2.64. The van der Waals surface area contributed by atoms with E-state index in [1.54, 1.807) is 13.8 Å². The third-order valence-corrected chi connectivity index (χ3v) is 2.64. The van der Waals surface area contributed by atoms with Gasteiger partial charge in [-0.05, 0) is 20.3 Å². The Morgan fingerprint density at radius 2 is 1.44 bits per heavy atom. The number of hydrogen-bond acceptors (Lipinski definition) is 6. The molecule has 0 bridgehead atoms. The maximum atomic E-state index is 8.69. The van der Waals surface area contributed by atoms with Crippen LogP contribution >= 0.6 is 0 Å². The van der Waals surface area contributed by atoms with Crippen molar-refractivity contribution in [1.82, 2.24) is 0 Å². The van der Waals surface area contributed by atoms with Crippen LogP contribution < -0.4 is 0 Å². The van der Waals surface area contributed by atoms with E-state index >= 15 is 0 Å². The molecular weight excluding hydrogens is 240 g/mol. The Balaban J connectivity index is 0. The summed E-state index contributed by atoms with van der Waals surface area (Å²) in [6.45, 7) is 5.05. The van der Waals surface area contributed by atoms with Gasteiger partial charge in [-0.2, -0.15) is 0 Å². The van der Waals surface area contributed by atoms with Crippen LogP contribution in [-0.4, -0.2) is 70.8 Å². The van der Waals surface area contributed by atoms with Crippen LogP contribution in [0.15, 0.2) is 0 Å². The minimum Gasteiger partial charge on any atom is -0.396 e. The van der Waals surface area contributed by atoms with Crippen molar-refractivity contribution < 1.29 is 30.3 Å². The SMILES string of the molecule is CC(O)COC(C)CO.CCC(CO)(CO)CO. The monoisotopic (exact) mass is 268 g/mol. The van der Waals surface area contributed by atoms with Crippen molar-refractivity contribution in [3.05, 3.63) is 0 Å². The molecule has 0 radical (unpaired) electrons. The highest BCUT2D eigenvalue weighted by molar-refractivity contribution is 4.74. The Labute approximate surface area is 109 Å². The van der Waals surface area contributed by atoms with Crippen molar-refractivity contribution in [2.24, 2.45) is 5.41 Å². The van der Waals surface area contributed by atoms with Gasteiger partial charge in [0.15, 0.2) is 0 Å². The molecule has 0 fully saturated rings. The Morgan fingerprint density at radius 1 is 1.00 bits per heavy atom. The fraction of sp³-hybridized carbons (Fsp3) is 1.00. The molecule has 0 amide bonds. The highest BCUT2D eigenvalue weighted by Gasteiger charge is 2.24. The van der Waals surface area contributed by atoms with E-state index in [0.717, 1.165) is 0 Å². The van der Waals surface area contributed by atoms with Crippen LogP contribution in [0.2, 0.25) is 0 Å². The molecule has 0 aromatic carbocycles. The second-order valence-electron chi connectivity index (χ2n) is 4.50. The lowest BCUT2D eigenvalue weighted by molar-refractivity contribution is -0.0177.